The van der Waals surface area contributed by atoms with Crippen LogP contribution in [0.25, 0.3) is 27.8 Å². The standard InChI is InChI=1S/C25H23NO4/c1-2-30-25(29)24(28)23(27)21-19-15-9-10-16-20(19)26(18-13-7-4-8-14-18)22(21)17-11-5-3-6-12-17/h3-16,23-24,27-28H,2H2,1H3. The van der Waals surface area contributed by atoms with Crippen molar-refractivity contribution in [2.24, 2.45) is 0 Å². The van der Waals surface area contributed by atoms with Crippen LogP contribution in [0.2, 0.25) is 0 Å². The first-order valence-electron chi connectivity index (χ1n) is 9.90. The lowest BCUT2D eigenvalue weighted by molar-refractivity contribution is -0.159. The molecule has 152 valence electrons. The van der Waals surface area contributed by atoms with Gasteiger partial charge in [0.05, 0.1) is 17.8 Å². The number of hydrogen-bond donors (Lipinski definition) is 2. The van der Waals surface area contributed by atoms with Crippen molar-refractivity contribution < 1.29 is 19.7 Å². The van der Waals surface area contributed by atoms with Gasteiger partial charge in [0.1, 0.15) is 6.10 Å². The second kappa shape index (κ2) is 8.53. The number of para-hydroxylation sites is 2. The molecule has 0 saturated heterocycles. The third-order valence-corrected chi connectivity index (χ3v) is 5.10. The van der Waals surface area contributed by atoms with Gasteiger partial charge in [0.25, 0.3) is 0 Å². The number of carbonyl (C=O) groups excluding carboxylic acids is 1. The lowest BCUT2D eigenvalue weighted by Gasteiger charge is -2.19. The summed E-state index contributed by atoms with van der Waals surface area (Å²) in [6, 6.07) is 27.1. The van der Waals surface area contributed by atoms with Gasteiger partial charge in [0.2, 0.25) is 0 Å². The molecule has 2 atom stereocenters. The zero-order valence-electron chi connectivity index (χ0n) is 16.6. The summed E-state index contributed by atoms with van der Waals surface area (Å²) in [6.07, 6.45) is -3.14. The van der Waals surface area contributed by atoms with E-state index in [1.54, 1.807) is 6.92 Å². The van der Waals surface area contributed by atoms with Crippen molar-refractivity contribution in [3.8, 4) is 16.9 Å². The maximum Gasteiger partial charge on any atom is 0.338 e. The maximum atomic E-state index is 12.2. The van der Waals surface area contributed by atoms with Gasteiger partial charge in [-0.25, -0.2) is 4.79 Å². The molecule has 0 saturated carbocycles. The Bertz CT molecular complexity index is 1150. The molecule has 5 heteroatoms. The predicted octanol–water partition coefficient (Wildman–Crippen LogP) is 4.25. The molecule has 4 aromatic rings. The Balaban J connectivity index is 2.04. The maximum absolute atomic E-state index is 12.2. The highest BCUT2D eigenvalue weighted by Crippen LogP contribution is 2.40. The van der Waals surface area contributed by atoms with Gasteiger partial charge in [0, 0.05) is 16.6 Å². The number of hydrogen-bond acceptors (Lipinski definition) is 4. The largest absolute Gasteiger partial charge is 0.464 e. The summed E-state index contributed by atoms with van der Waals surface area (Å²) in [5, 5.41) is 22.4. The first-order chi connectivity index (χ1) is 14.6. The Labute approximate surface area is 174 Å². The first-order valence-corrected chi connectivity index (χ1v) is 9.90. The fourth-order valence-corrected chi connectivity index (χ4v) is 3.80. The Kier molecular flexibility index (Phi) is 5.65. The molecular formula is C25H23NO4. The van der Waals surface area contributed by atoms with Crippen LogP contribution in [-0.4, -0.2) is 33.5 Å². The molecule has 0 spiro atoms. The van der Waals surface area contributed by atoms with E-state index in [0.717, 1.165) is 27.8 Å². The molecule has 2 unspecified atom stereocenters. The van der Waals surface area contributed by atoms with E-state index < -0.39 is 18.2 Å². The van der Waals surface area contributed by atoms with E-state index >= 15 is 0 Å². The highest BCUT2D eigenvalue weighted by atomic mass is 16.5. The Morgan fingerprint density at radius 2 is 1.50 bits per heavy atom. The molecule has 0 radical (unpaired) electrons. The highest BCUT2D eigenvalue weighted by Gasteiger charge is 2.33. The van der Waals surface area contributed by atoms with Crippen molar-refractivity contribution in [1.82, 2.24) is 4.57 Å². The Morgan fingerprint density at radius 3 is 2.17 bits per heavy atom. The minimum atomic E-state index is -1.69. The van der Waals surface area contributed by atoms with Crippen LogP contribution in [0.5, 0.6) is 0 Å². The summed E-state index contributed by atoms with van der Waals surface area (Å²) < 4.78 is 6.98. The van der Waals surface area contributed by atoms with Gasteiger partial charge in [-0.3, -0.25) is 0 Å². The summed E-state index contributed by atoms with van der Waals surface area (Å²) in [7, 11) is 0. The van der Waals surface area contributed by atoms with E-state index in [4.69, 9.17) is 4.74 Å². The normalized spacial score (nSPS) is 13.2. The molecule has 0 aliphatic heterocycles. The van der Waals surface area contributed by atoms with Crippen LogP contribution in [-0.2, 0) is 9.53 Å². The number of carbonyl (C=O) groups is 1. The molecule has 2 N–H and O–H groups in total. The SMILES string of the molecule is CCOC(=O)C(O)C(O)c1c(-c2ccccc2)n(-c2ccccc2)c2ccccc12. The average Bonchev–Trinajstić information content (AvgIpc) is 3.14. The van der Waals surface area contributed by atoms with Gasteiger partial charge in [0.15, 0.2) is 6.10 Å². The molecule has 0 fully saturated rings. The molecule has 1 heterocycles. The van der Waals surface area contributed by atoms with Crippen molar-refractivity contribution in [3.05, 3.63) is 90.5 Å². The van der Waals surface area contributed by atoms with Crippen molar-refractivity contribution in [2.45, 2.75) is 19.1 Å². The highest BCUT2D eigenvalue weighted by molar-refractivity contribution is 5.95. The summed E-state index contributed by atoms with van der Waals surface area (Å²) in [4.78, 5) is 12.2. The van der Waals surface area contributed by atoms with Crippen LogP contribution >= 0.6 is 0 Å². The van der Waals surface area contributed by atoms with Gasteiger partial charge in [-0.1, -0.05) is 66.7 Å². The van der Waals surface area contributed by atoms with Gasteiger partial charge in [-0.15, -0.1) is 0 Å². The third-order valence-electron chi connectivity index (χ3n) is 5.10. The van der Waals surface area contributed by atoms with Gasteiger partial charge in [-0.2, -0.15) is 0 Å². The van der Waals surface area contributed by atoms with Crippen LogP contribution in [0, 0.1) is 0 Å². The number of esters is 1. The van der Waals surface area contributed by atoms with Crippen molar-refractivity contribution in [1.29, 1.82) is 0 Å². The van der Waals surface area contributed by atoms with Crippen LogP contribution < -0.4 is 0 Å². The fraction of sp³-hybridized carbons (Fsp3) is 0.160. The minimum Gasteiger partial charge on any atom is -0.464 e. The topological polar surface area (TPSA) is 71.7 Å². The molecular weight excluding hydrogens is 378 g/mol. The third kappa shape index (κ3) is 3.49. The Hall–Kier alpha value is -3.41. The van der Waals surface area contributed by atoms with Gasteiger partial charge in [-0.05, 0) is 30.7 Å². The van der Waals surface area contributed by atoms with Gasteiger partial charge >= 0.3 is 5.97 Å². The Morgan fingerprint density at radius 1 is 0.900 bits per heavy atom. The van der Waals surface area contributed by atoms with Crippen molar-refractivity contribution in [2.75, 3.05) is 6.61 Å². The van der Waals surface area contributed by atoms with Crippen LogP contribution in [0.3, 0.4) is 0 Å². The van der Waals surface area contributed by atoms with Gasteiger partial charge < -0.3 is 19.5 Å². The molecule has 0 aliphatic carbocycles. The summed E-state index contributed by atoms with van der Waals surface area (Å²) >= 11 is 0. The quantitative estimate of drug-likeness (QED) is 0.474. The van der Waals surface area contributed by atoms with E-state index in [1.165, 1.54) is 0 Å². The molecule has 4 rings (SSSR count). The number of aliphatic hydroxyl groups excluding tert-OH is 2. The molecule has 3 aromatic carbocycles. The molecule has 0 aliphatic rings. The van der Waals surface area contributed by atoms with Crippen LogP contribution in [0.1, 0.15) is 18.6 Å². The van der Waals surface area contributed by atoms with E-state index in [2.05, 4.69) is 0 Å². The summed E-state index contributed by atoms with van der Waals surface area (Å²) in [5.74, 6) is -0.847. The molecule has 5 nitrogen and oxygen atoms in total. The molecule has 30 heavy (non-hydrogen) atoms. The number of fused-ring (bicyclic) bond motifs is 1. The van der Waals surface area contributed by atoms with E-state index in [1.807, 2.05) is 89.5 Å². The summed E-state index contributed by atoms with van der Waals surface area (Å²) in [5.41, 5.74) is 3.85. The van der Waals surface area contributed by atoms with E-state index in [9.17, 15) is 15.0 Å². The van der Waals surface area contributed by atoms with Crippen molar-refractivity contribution in [3.63, 3.8) is 0 Å². The molecule has 1 aromatic heterocycles. The van der Waals surface area contributed by atoms with E-state index in [0.29, 0.717) is 5.56 Å². The predicted molar refractivity (Wildman–Crippen MR) is 116 cm³/mol. The number of nitrogens with zero attached hydrogens (tertiary/aromatic N) is 1. The molecule has 0 bridgehead atoms. The van der Waals surface area contributed by atoms with Crippen LogP contribution in [0.4, 0.5) is 0 Å². The number of rotatable bonds is 6. The van der Waals surface area contributed by atoms with Crippen LogP contribution in [0.15, 0.2) is 84.9 Å². The number of aliphatic hydroxyl groups is 2. The minimum absolute atomic E-state index is 0.125. The second-order valence-corrected chi connectivity index (χ2v) is 6.96. The van der Waals surface area contributed by atoms with E-state index in [-0.39, 0.29) is 6.61 Å². The smallest absolute Gasteiger partial charge is 0.338 e. The van der Waals surface area contributed by atoms with Crippen molar-refractivity contribution >= 4 is 16.9 Å². The zero-order valence-corrected chi connectivity index (χ0v) is 16.6. The number of aromatic nitrogens is 1. The fourth-order valence-electron chi connectivity index (χ4n) is 3.80. The average molecular weight is 401 g/mol. The first kappa shape index (κ1) is 19.9. The lowest BCUT2D eigenvalue weighted by Crippen LogP contribution is -2.30. The second-order valence-electron chi connectivity index (χ2n) is 6.96. The monoisotopic (exact) mass is 401 g/mol. The summed E-state index contributed by atoms with van der Waals surface area (Å²) in [6.45, 7) is 1.79. The lowest BCUT2D eigenvalue weighted by atomic mass is 9.97. The molecule has 0 amide bonds. The number of ether oxygens (including phenoxy) is 1. The number of benzene rings is 3. The zero-order chi connectivity index (χ0) is 21.1.